The largest absolute Gasteiger partial charge is 0.299 e. The van der Waals surface area contributed by atoms with Gasteiger partial charge in [-0.3, -0.25) is 4.79 Å². The second kappa shape index (κ2) is 5.92. The first-order valence-corrected chi connectivity index (χ1v) is 8.02. The van der Waals surface area contributed by atoms with Crippen LogP contribution < -0.4 is 4.72 Å². The number of nitrogens with zero attached hydrogens (tertiary/aromatic N) is 1. The van der Waals surface area contributed by atoms with Gasteiger partial charge in [0.05, 0.1) is 15.5 Å². The molecule has 1 aliphatic carbocycles. The third kappa shape index (κ3) is 3.18. The van der Waals surface area contributed by atoms with Gasteiger partial charge in [0.1, 0.15) is 11.9 Å². The number of rotatable bonds is 4. The number of Topliss-reactive ketones (excluding diaryl/α,β-unsaturated/α-hetero) is 1. The molecule has 1 saturated carbocycles. The summed E-state index contributed by atoms with van der Waals surface area (Å²) in [5, 5.41) is 9.06. The van der Waals surface area contributed by atoms with Gasteiger partial charge in [-0.15, -0.1) is 0 Å². The third-order valence-electron chi connectivity index (χ3n) is 3.32. The number of nitriles is 1. The Kier molecular flexibility index (Phi) is 4.43. The second-order valence-corrected chi connectivity index (χ2v) is 6.83. The molecule has 0 unspecified atom stereocenters. The molecular formula is C13H13ClN2O3S. The summed E-state index contributed by atoms with van der Waals surface area (Å²) in [7, 11) is -3.73. The SMILES string of the molecule is N#Cc1cc(S(=O)(=O)NC[C@H]2CCCC2=O)ccc1Cl. The van der Waals surface area contributed by atoms with E-state index in [9.17, 15) is 13.2 Å². The van der Waals surface area contributed by atoms with Crippen LogP contribution in [0.15, 0.2) is 23.1 Å². The third-order valence-corrected chi connectivity index (χ3v) is 5.07. The Balaban J connectivity index is 2.14. The van der Waals surface area contributed by atoms with Crippen LogP contribution in [0, 0.1) is 17.2 Å². The molecule has 1 N–H and O–H groups in total. The summed E-state index contributed by atoms with van der Waals surface area (Å²) in [5.41, 5.74) is 0.103. The molecule has 0 spiro atoms. The van der Waals surface area contributed by atoms with E-state index in [0.29, 0.717) is 12.8 Å². The normalized spacial score (nSPS) is 19.0. The number of hydrogen-bond acceptors (Lipinski definition) is 4. The molecule has 0 bridgehead atoms. The van der Waals surface area contributed by atoms with Crippen LogP contribution in [0.25, 0.3) is 0 Å². The average Bonchev–Trinajstić information content (AvgIpc) is 2.82. The van der Waals surface area contributed by atoms with Crippen molar-refractivity contribution in [2.24, 2.45) is 5.92 Å². The number of sulfonamides is 1. The molecular weight excluding hydrogens is 300 g/mol. The first kappa shape index (κ1) is 15.0. The minimum atomic E-state index is -3.73. The van der Waals surface area contributed by atoms with E-state index in [2.05, 4.69) is 4.72 Å². The summed E-state index contributed by atoms with van der Waals surface area (Å²) in [6.07, 6.45) is 2.04. The topological polar surface area (TPSA) is 87.0 Å². The van der Waals surface area contributed by atoms with Crippen molar-refractivity contribution in [1.29, 1.82) is 5.26 Å². The fourth-order valence-electron chi connectivity index (χ4n) is 2.15. The van der Waals surface area contributed by atoms with Gasteiger partial charge in [0.2, 0.25) is 10.0 Å². The van der Waals surface area contributed by atoms with Gasteiger partial charge in [0, 0.05) is 18.9 Å². The van der Waals surface area contributed by atoms with Crippen LogP contribution in [0.4, 0.5) is 0 Å². The number of carbonyl (C=O) groups is 1. The minimum absolute atomic E-state index is 0.0242. The molecule has 0 saturated heterocycles. The Bertz CT molecular complexity index is 679. The lowest BCUT2D eigenvalue weighted by molar-refractivity contribution is -0.120. The number of halogens is 1. The summed E-state index contributed by atoms with van der Waals surface area (Å²) in [6, 6.07) is 5.76. The fraction of sp³-hybridized carbons (Fsp3) is 0.385. The summed E-state index contributed by atoms with van der Waals surface area (Å²) < 4.78 is 26.6. The van der Waals surface area contributed by atoms with Crippen molar-refractivity contribution in [3.63, 3.8) is 0 Å². The van der Waals surface area contributed by atoms with E-state index in [1.54, 1.807) is 0 Å². The van der Waals surface area contributed by atoms with Crippen LogP contribution in [0.3, 0.4) is 0 Å². The van der Waals surface area contributed by atoms with Crippen molar-refractivity contribution in [2.75, 3.05) is 6.54 Å². The van der Waals surface area contributed by atoms with E-state index >= 15 is 0 Å². The highest BCUT2D eigenvalue weighted by Crippen LogP contribution is 2.22. The first-order valence-electron chi connectivity index (χ1n) is 6.16. The maximum absolute atomic E-state index is 12.1. The van der Waals surface area contributed by atoms with Gasteiger partial charge >= 0.3 is 0 Å². The van der Waals surface area contributed by atoms with Crippen LogP contribution in [0.1, 0.15) is 24.8 Å². The second-order valence-electron chi connectivity index (χ2n) is 4.66. The maximum Gasteiger partial charge on any atom is 0.240 e. The van der Waals surface area contributed by atoms with E-state index in [1.807, 2.05) is 6.07 Å². The molecule has 0 radical (unpaired) electrons. The molecule has 1 atom stereocenters. The lowest BCUT2D eigenvalue weighted by Gasteiger charge is -2.11. The van der Waals surface area contributed by atoms with E-state index < -0.39 is 10.0 Å². The highest BCUT2D eigenvalue weighted by atomic mass is 35.5. The highest BCUT2D eigenvalue weighted by molar-refractivity contribution is 7.89. The number of nitrogens with one attached hydrogen (secondary N) is 1. The Morgan fingerprint density at radius 3 is 2.80 bits per heavy atom. The zero-order chi connectivity index (χ0) is 14.8. The van der Waals surface area contributed by atoms with Gasteiger partial charge in [-0.25, -0.2) is 13.1 Å². The van der Waals surface area contributed by atoms with Crippen molar-refractivity contribution >= 4 is 27.4 Å². The summed E-state index contributed by atoms with van der Waals surface area (Å²) in [6.45, 7) is 0.103. The molecule has 1 aliphatic rings. The number of ketones is 1. The van der Waals surface area contributed by atoms with Crippen molar-refractivity contribution < 1.29 is 13.2 Å². The van der Waals surface area contributed by atoms with Gasteiger partial charge in [-0.05, 0) is 31.0 Å². The Morgan fingerprint density at radius 1 is 1.45 bits per heavy atom. The van der Waals surface area contributed by atoms with E-state index in [-0.39, 0.29) is 33.7 Å². The lowest BCUT2D eigenvalue weighted by atomic mass is 10.1. The maximum atomic E-state index is 12.1. The molecule has 20 heavy (non-hydrogen) atoms. The highest BCUT2D eigenvalue weighted by Gasteiger charge is 2.26. The Morgan fingerprint density at radius 2 is 2.20 bits per heavy atom. The Hall–Kier alpha value is -1.42. The quantitative estimate of drug-likeness (QED) is 0.919. The predicted molar refractivity (Wildman–Crippen MR) is 73.7 cm³/mol. The van der Waals surface area contributed by atoms with Gasteiger partial charge in [-0.1, -0.05) is 11.6 Å². The van der Waals surface area contributed by atoms with Crippen LogP contribution in [0.5, 0.6) is 0 Å². The fourth-order valence-corrected chi connectivity index (χ4v) is 3.42. The van der Waals surface area contributed by atoms with Crippen molar-refractivity contribution in [2.45, 2.75) is 24.2 Å². The molecule has 0 aromatic heterocycles. The molecule has 1 aromatic rings. The zero-order valence-corrected chi connectivity index (χ0v) is 12.2. The van der Waals surface area contributed by atoms with Gasteiger partial charge in [0.15, 0.2) is 0 Å². The summed E-state index contributed by atoms with van der Waals surface area (Å²) >= 11 is 5.76. The number of hydrogen-bond donors (Lipinski definition) is 1. The van der Waals surface area contributed by atoms with Crippen LogP contribution in [0.2, 0.25) is 5.02 Å². The smallest absolute Gasteiger partial charge is 0.240 e. The average molecular weight is 313 g/mol. The van der Waals surface area contributed by atoms with E-state index in [0.717, 1.165) is 6.42 Å². The molecule has 1 aromatic carbocycles. The standard InChI is InChI=1S/C13H13ClN2O3S/c14-12-5-4-11(6-10(12)7-15)20(18,19)16-8-9-2-1-3-13(9)17/h4-6,9,16H,1-3,8H2/t9-/m1/s1. The van der Waals surface area contributed by atoms with Crippen molar-refractivity contribution in [3.8, 4) is 6.07 Å². The predicted octanol–water partition coefficient (Wildman–Crippen LogP) is 1.86. The van der Waals surface area contributed by atoms with E-state index in [4.69, 9.17) is 16.9 Å². The number of benzene rings is 1. The summed E-state index contributed by atoms with van der Waals surface area (Å²) in [4.78, 5) is 11.5. The Labute approximate surface area is 122 Å². The molecule has 7 heteroatoms. The molecule has 0 aliphatic heterocycles. The van der Waals surface area contributed by atoms with Crippen LogP contribution >= 0.6 is 11.6 Å². The van der Waals surface area contributed by atoms with Crippen molar-refractivity contribution in [3.05, 3.63) is 28.8 Å². The lowest BCUT2D eigenvalue weighted by Crippen LogP contribution is -2.31. The van der Waals surface area contributed by atoms with Gasteiger partial charge in [-0.2, -0.15) is 5.26 Å². The minimum Gasteiger partial charge on any atom is -0.299 e. The van der Waals surface area contributed by atoms with Gasteiger partial charge < -0.3 is 0 Å². The monoisotopic (exact) mass is 312 g/mol. The van der Waals surface area contributed by atoms with Crippen LogP contribution in [-0.2, 0) is 14.8 Å². The molecule has 0 amide bonds. The van der Waals surface area contributed by atoms with Crippen molar-refractivity contribution in [1.82, 2.24) is 4.72 Å². The summed E-state index contributed by atoms with van der Waals surface area (Å²) in [5.74, 6) is -0.144. The van der Waals surface area contributed by atoms with Crippen LogP contribution in [-0.4, -0.2) is 20.7 Å². The molecule has 106 valence electrons. The van der Waals surface area contributed by atoms with Gasteiger partial charge in [0.25, 0.3) is 0 Å². The molecule has 0 heterocycles. The first-order chi connectivity index (χ1) is 9.44. The number of carbonyl (C=O) groups excluding carboxylic acids is 1. The molecule has 1 fully saturated rings. The molecule has 2 rings (SSSR count). The van der Waals surface area contributed by atoms with E-state index in [1.165, 1.54) is 18.2 Å². The molecule has 5 nitrogen and oxygen atoms in total. The zero-order valence-electron chi connectivity index (χ0n) is 10.6.